The second-order valence-corrected chi connectivity index (χ2v) is 8.32. The predicted molar refractivity (Wildman–Crippen MR) is 108 cm³/mol. The van der Waals surface area contributed by atoms with Crippen LogP contribution >= 0.6 is 11.6 Å². The fourth-order valence-electron chi connectivity index (χ4n) is 2.88. The highest BCUT2D eigenvalue weighted by molar-refractivity contribution is 6.29. The quantitative estimate of drug-likeness (QED) is 0.637. The second-order valence-electron chi connectivity index (χ2n) is 7.93. The number of halogens is 4. The van der Waals surface area contributed by atoms with Gasteiger partial charge in [-0.2, -0.15) is 13.2 Å². The van der Waals surface area contributed by atoms with Gasteiger partial charge in [0.15, 0.2) is 0 Å². The maximum absolute atomic E-state index is 12.9. The number of nitrogens with zero attached hydrogens (tertiary/aromatic N) is 3. The molecule has 0 bridgehead atoms. The number of carbonyl (C=O) groups excluding carboxylic acids is 1. The van der Waals surface area contributed by atoms with Crippen molar-refractivity contribution >= 4 is 29.2 Å². The molecule has 1 atom stereocenters. The standard InChI is InChI=1S/C20H22ClF3N4O3/c1-19(2,3)31-18(29)28-8-9-30-14(11-28)12-4-6-13(7-5-12)25-16-10-15(21)26-17(27-16)20(22,23)24/h4-7,10,14H,8-9,11H2,1-3H3,(H,25,26,27)/t14-/m0/s1. The molecule has 0 radical (unpaired) electrons. The van der Waals surface area contributed by atoms with Crippen LogP contribution in [0.4, 0.5) is 29.5 Å². The van der Waals surface area contributed by atoms with Gasteiger partial charge in [0.2, 0.25) is 5.82 Å². The number of ether oxygens (including phenoxy) is 2. The Morgan fingerprint density at radius 2 is 1.90 bits per heavy atom. The SMILES string of the molecule is CC(C)(C)OC(=O)N1CCO[C@H](c2ccc(Nc3cc(Cl)nc(C(F)(F)F)n3)cc2)C1. The van der Waals surface area contributed by atoms with E-state index < -0.39 is 23.7 Å². The molecular weight excluding hydrogens is 437 g/mol. The van der Waals surface area contributed by atoms with E-state index in [4.69, 9.17) is 21.1 Å². The van der Waals surface area contributed by atoms with Crippen molar-refractivity contribution in [3.8, 4) is 0 Å². The number of hydrogen-bond acceptors (Lipinski definition) is 6. The number of nitrogens with one attached hydrogen (secondary N) is 1. The van der Waals surface area contributed by atoms with Gasteiger partial charge in [-0.3, -0.25) is 0 Å². The summed E-state index contributed by atoms with van der Waals surface area (Å²) in [7, 11) is 0. The van der Waals surface area contributed by atoms with Gasteiger partial charge in [-0.05, 0) is 38.5 Å². The van der Waals surface area contributed by atoms with Gasteiger partial charge < -0.3 is 19.7 Å². The largest absolute Gasteiger partial charge is 0.451 e. The molecule has 2 aromatic rings. The van der Waals surface area contributed by atoms with Crippen molar-refractivity contribution in [2.75, 3.05) is 25.0 Å². The summed E-state index contributed by atoms with van der Waals surface area (Å²) in [6.07, 6.45) is -5.45. The number of rotatable bonds is 3. The highest BCUT2D eigenvalue weighted by Crippen LogP contribution is 2.30. The summed E-state index contributed by atoms with van der Waals surface area (Å²) in [6, 6.07) is 8.08. The minimum Gasteiger partial charge on any atom is -0.444 e. The molecule has 1 aromatic carbocycles. The summed E-state index contributed by atoms with van der Waals surface area (Å²) in [5.41, 5.74) is 0.732. The molecule has 1 fully saturated rings. The molecule has 1 aliphatic rings. The molecule has 31 heavy (non-hydrogen) atoms. The van der Waals surface area contributed by atoms with Gasteiger partial charge in [-0.1, -0.05) is 23.7 Å². The van der Waals surface area contributed by atoms with Crippen LogP contribution in [0.15, 0.2) is 30.3 Å². The monoisotopic (exact) mass is 458 g/mol. The van der Waals surface area contributed by atoms with Crippen LogP contribution in [0.5, 0.6) is 0 Å². The van der Waals surface area contributed by atoms with E-state index in [-0.39, 0.29) is 17.1 Å². The molecule has 3 rings (SSSR count). The number of amides is 1. The van der Waals surface area contributed by atoms with E-state index in [1.165, 1.54) is 6.07 Å². The molecule has 0 spiro atoms. The van der Waals surface area contributed by atoms with Gasteiger partial charge in [0, 0.05) is 18.3 Å². The van der Waals surface area contributed by atoms with Crippen LogP contribution in [-0.2, 0) is 15.7 Å². The maximum atomic E-state index is 12.9. The highest BCUT2D eigenvalue weighted by Gasteiger charge is 2.35. The number of morpholine rings is 1. The third kappa shape index (κ3) is 6.44. The lowest BCUT2D eigenvalue weighted by Gasteiger charge is -2.34. The Hall–Kier alpha value is -2.59. The highest BCUT2D eigenvalue weighted by atomic mass is 35.5. The molecule has 1 saturated heterocycles. The number of carbonyl (C=O) groups is 1. The topological polar surface area (TPSA) is 76.6 Å². The first-order valence-corrected chi connectivity index (χ1v) is 9.87. The third-order valence-corrected chi connectivity index (χ3v) is 4.42. The van der Waals surface area contributed by atoms with E-state index in [0.717, 1.165) is 5.56 Å². The van der Waals surface area contributed by atoms with Crippen LogP contribution in [0.3, 0.4) is 0 Å². The summed E-state index contributed by atoms with van der Waals surface area (Å²) >= 11 is 5.68. The Bertz CT molecular complexity index is 933. The van der Waals surface area contributed by atoms with Gasteiger partial charge in [0.25, 0.3) is 0 Å². The lowest BCUT2D eigenvalue weighted by atomic mass is 10.1. The van der Waals surface area contributed by atoms with Crippen LogP contribution < -0.4 is 5.32 Å². The van der Waals surface area contributed by atoms with Gasteiger partial charge in [0.05, 0.1) is 13.2 Å². The number of alkyl halides is 3. The molecule has 168 valence electrons. The van der Waals surface area contributed by atoms with Crippen LogP contribution in [-0.4, -0.2) is 46.3 Å². The molecule has 1 N–H and O–H groups in total. The summed E-state index contributed by atoms with van der Waals surface area (Å²) in [5, 5.41) is 2.46. The van der Waals surface area contributed by atoms with Gasteiger partial charge >= 0.3 is 12.3 Å². The number of hydrogen-bond donors (Lipinski definition) is 1. The predicted octanol–water partition coefficient (Wildman–Crippen LogP) is 5.20. The molecule has 0 aliphatic carbocycles. The first kappa shape index (κ1) is 23.1. The average molecular weight is 459 g/mol. The molecule has 0 unspecified atom stereocenters. The molecule has 11 heteroatoms. The van der Waals surface area contributed by atoms with Gasteiger partial charge in [0.1, 0.15) is 22.7 Å². The second kappa shape index (κ2) is 8.88. The number of anilines is 2. The molecule has 1 amide bonds. The minimum absolute atomic E-state index is 0.0786. The van der Waals surface area contributed by atoms with Gasteiger partial charge in [-0.15, -0.1) is 0 Å². The zero-order chi connectivity index (χ0) is 22.8. The summed E-state index contributed by atoms with van der Waals surface area (Å²) in [5.74, 6) is -1.40. The summed E-state index contributed by atoms with van der Waals surface area (Å²) in [4.78, 5) is 20.6. The third-order valence-electron chi connectivity index (χ3n) is 4.22. The van der Waals surface area contributed by atoms with Gasteiger partial charge in [-0.25, -0.2) is 14.8 Å². The molecule has 0 saturated carbocycles. The van der Waals surface area contributed by atoms with Crippen molar-refractivity contribution < 1.29 is 27.4 Å². The molecule has 2 heterocycles. The first-order valence-electron chi connectivity index (χ1n) is 9.49. The fourth-order valence-corrected chi connectivity index (χ4v) is 3.06. The van der Waals surface area contributed by atoms with E-state index in [9.17, 15) is 18.0 Å². The van der Waals surface area contributed by atoms with E-state index in [2.05, 4.69) is 15.3 Å². The zero-order valence-corrected chi connectivity index (χ0v) is 17.9. The normalized spacial score (nSPS) is 17.4. The van der Waals surface area contributed by atoms with Crippen molar-refractivity contribution in [1.82, 2.24) is 14.9 Å². The van der Waals surface area contributed by atoms with Crippen molar-refractivity contribution in [3.63, 3.8) is 0 Å². The van der Waals surface area contributed by atoms with Crippen LogP contribution in [0.2, 0.25) is 5.15 Å². The smallest absolute Gasteiger partial charge is 0.444 e. The lowest BCUT2D eigenvalue weighted by molar-refractivity contribution is -0.144. The van der Waals surface area contributed by atoms with E-state index >= 15 is 0 Å². The summed E-state index contributed by atoms with van der Waals surface area (Å²) < 4.78 is 49.8. The van der Waals surface area contributed by atoms with Crippen molar-refractivity contribution in [3.05, 3.63) is 46.9 Å². The zero-order valence-electron chi connectivity index (χ0n) is 17.2. The Morgan fingerprint density at radius 1 is 1.23 bits per heavy atom. The molecule has 1 aromatic heterocycles. The first-order chi connectivity index (χ1) is 14.4. The summed E-state index contributed by atoms with van der Waals surface area (Å²) in [6.45, 7) is 6.54. The van der Waals surface area contributed by atoms with Crippen LogP contribution in [0.1, 0.15) is 38.3 Å². The Balaban J connectivity index is 1.68. The Kier molecular flexibility index (Phi) is 6.61. The number of benzene rings is 1. The van der Waals surface area contributed by atoms with Crippen molar-refractivity contribution in [2.24, 2.45) is 0 Å². The molecule has 1 aliphatic heterocycles. The molecular formula is C20H22ClF3N4O3. The van der Waals surface area contributed by atoms with Crippen molar-refractivity contribution in [2.45, 2.75) is 38.7 Å². The van der Waals surface area contributed by atoms with Crippen LogP contribution in [0, 0.1) is 0 Å². The molecule has 7 nitrogen and oxygen atoms in total. The Labute approximate surface area is 182 Å². The van der Waals surface area contributed by atoms with Crippen molar-refractivity contribution in [1.29, 1.82) is 0 Å². The lowest BCUT2D eigenvalue weighted by Crippen LogP contribution is -2.44. The van der Waals surface area contributed by atoms with E-state index in [1.807, 2.05) is 0 Å². The Morgan fingerprint density at radius 3 is 2.52 bits per heavy atom. The minimum atomic E-state index is -4.70. The van der Waals surface area contributed by atoms with Crippen LogP contribution in [0.25, 0.3) is 0 Å². The van der Waals surface area contributed by atoms with E-state index in [1.54, 1.807) is 49.9 Å². The fraction of sp³-hybridized carbons (Fsp3) is 0.450. The van der Waals surface area contributed by atoms with E-state index in [0.29, 0.717) is 25.4 Å². The average Bonchev–Trinajstić information content (AvgIpc) is 2.66. The maximum Gasteiger partial charge on any atom is 0.451 e. The number of aromatic nitrogens is 2.